The normalized spacial score (nSPS) is 20.3. The van der Waals surface area contributed by atoms with Crippen LogP contribution in [0.5, 0.6) is 0 Å². The molecule has 0 spiro atoms. The second kappa shape index (κ2) is 7.76. The highest BCUT2D eigenvalue weighted by Gasteiger charge is 2.32. The first-order valence-electron chi connectivity index (χ1n) is 7.79. The minimum Gasteiger partial charge on any atom is -0.480 e. The second-order valence-corrected chi connectivity index (χ2v) is 8.03. The van der Waals surface area contributed by atoms with E-state index in [0.29, 0.717) is 19.4 Å². The Morgan fingerprint density at radius 3 is 2.58 bits per heavy atom. The van der Waals surface area contributed by atoms with Crippen molar-refractivity contribution in [3.05, 3.63) is 35.9 Å². The Balaban J connectivity index is 2.01. The molecule has 1 amide bonds. The number of piperidine rings is 1. The number of carboxylic acids is 1. The van der Waals surface area contributed by atoms with Gasteiger partial charge in [-0.2, -0.15) is 0 Å². The Morgan fingerprint density at radius 2 is 2.00 bits per heavy atom. The van der Waals surface area contributed by atoms with Gasteiger partial charge in [-0.05, 0) is 18.4 Å². The van der Waals surface area contributed by atoms with Crippen LogP contribution >= 0.6 is 0 Å². The van der Waals surface area contributed by atoms with Crippen LogP contribution in [0.2, 0.25) is 0 Å². The SMILES string of the molecule is CS(=O)(=O)N1CCCC(C(=O)NC(Cc2ccccc2)C(=O)O)C1. The molecule has 0 aliphatic carbocycles. The Morgan fingerprint density at radius 1 is 1.33 bits per heavy atom. The third-order valence-electron chi connectivity index (χ3n) is 4.12. The molecule has 24 heavy (non-hydrogen) atoms. The quantitative estimate of drug-likeness (QED) is 0.773. The van der Waals surface area contributed by atoms with E-state index in [-0.39, 0.29) is 13.0 Å². The summed E-state index contributed by atoms with van der Waals surface area (Å²) < 4.78 is 24.5. The molecule has 0 bridgehead atoms. The number of benzene rings is 1. The molecule has 1 aromatic rings. The van der Waals surface area contributed by atoms with Crippen LogP contribution in [0.1, 0.15) is 18.4 Å². The average molecular weight is 354 g/mol. The molecular weight excluding hydrogens is 332 g/mol. The molecule has 2 N–H and O–H groups in total. The zero-order chi connectivity index (χ0) is 17.7. The standard InChI is InChI=1S/C16H22N2O5S/c1-24(22,23)18-9-5-8-13(11-18)15(19)17-14(16(20)21)10-12-6-3-2-4-7-12/h2-4,6-7,13-14H,5,8-11H2,1H3,(H,17,19)(H,20,21). The van der Waals surface area contributed by atoms with Gasteiger partial charge in [0.15, 0.2) is 0 Å². The molecule has 0 aromatic heterocycles. The van der Waals surface area contributed by atoms with E-state index in [1.165, 1.54) is 4.31 Å². The van der Waals surface area contributed by atoms with E-state index in [0.717, 1.165) is 11.8 Å². The summed E-state index contributed by atoms with van der Waals surface area (Å²) in [7, 11) is -3.35. The van der Waals surface area contributed by atoms with Gasteiger partial charge in [-0.1, -0.05) is 30.3 Å². The van der Waals surface area contributed by atoms with Gasteiger partial charge in [0, 0.05) is 19.5 Å². The van der Waals surface area contributed by atoms with E-state index in [2.05, 4.69) is 5.32 Å². The fourth-order valence-corrected chi connectivity index (χ4v) is 3.71. The summed E-state index contributed by atoms with van der Waals surface area (Å²) in [6.07, 6.45) is 2.43. The third-order valence-corrected chi connectivity index (χ3v) is 5.39. The summed E-state index contributed by atoms with van der Waals surface area (Å²) in [5.41, 5.74) is 0.812. The van der Waals surface area contributed by atoms with Crippen molar-refractivity contribution in [2.75, 3.05) is 19.3 Å². The molecule has 7 nitrogen and oxygen atoms in total. The Bertz CT molecular complexity index is 690. The van der Waals surface area contributed by atoms with Gasteiger partial charge < -0.3 is 10.4 Å². The molecule has 8 heteroatoms. The lowest BCUT2D eigenvalue weighted by molar-refractivity contribution is -0.142. The van der Waals surface area contributed by atoms with Gasteiger partial charge >= 0.3 is 5.97 Å². The zero-order valence-corrected chi connectivity index (χ0v) is 14.3. The van der Waals surface area contributed by atoms with Crippen molar-refractivity contribution in [1.29, 1.82) is 0 Å². The molecule has 0 radical (unpaired) electrons. The number of sulfonamides is 1. The molecule has 132 valence electrons. The van der Waals surface area contributed by atoms with Crippen LogP contribution in [-0.2, 0) is 26.0 Å². The Hall–Kier alpha value is -1.93. The van der Waals surface area contributed by atoms with Crippen molar-refractivity contribution < 1.29 is 23.1 Å². The van der Waals surface area contributed by atoms with E-state index < -0.39 is 33.9 Å². The van der Waals surface area contributed by atoms with Crippen LogP contribution in [0.15, 0.2) is 30.3 Å². The minimum atomic E-state index is -3.35. The molecule has 1 aromatic carbocycles. The number of carbonyl (C=O) groups excluding carboxylic acids is 1. The molecular formula is C16H22N2O5S. The molecule has 1 aliphatic heterocycles. The summed E-state index contributed by atoms with van der Waals surface area (Å²) in [4.78, 5) is 23.8. The number of hydrogen-bond acceptors (Lipinski definition) is 4. The number of nitrogens with one attached hydrogen (secondary N) is 1. The molecule has 1 aliphatic rings. The minimum absolute atomic E-state index is 0.0995. The first-order valence-corrected chi connectivity index (χ1v) is 9.64. The number of carboxylic acid groups (broad SMARTS) is 1. The van der Waals surface area contributed by atoms with Crippen LogP contribution in [0.3, 0.4) is 0 Å². The predicted molar refractivity (Wildman–Crippen MR) is 88.9 cm³/mol. The molecule has 1 heterocycles. The number of hydrogen-bond donors (Lipinski definition) is 2. The highest BCUT2D eigenvalue weighted by Crippen LogP contribution is 2.19. The molecule has 2 rings (SSSR count). The summed E-state index contributed by atoms with van der Waals surface area (Å²) >= 11 is 0. The van der Waals surface area contributed by atoms with Crippen molar-refractivity contribution in [3.63, 3.8) is 0 Å². The van der Waals surface area contributed by atoms with E-state index >= 15 is 0 Å². The summed E-state index contributed by atoms with van der Waals surface area (Å²) in [6.45, 7) is 0.497. The van der Waals surface area contributed by atoms with Gasteiger partial charge in [0.25, 0.3) is 0 Å². The number of carbonyl (C=O) groups is 2. The summed E-state index contributed by atoms with van der Waals surface area (Å²) in [5, 5.41) is 11.9. The van der Waals surface area contributed by atoms with Gasteiger partial charge in [0.1, 0.15) is 6.04 Å². The van der Waals surface area contributed by atoms with Crippen LogP contribution in [-0.4, -0.2) is 55.1 Å². The van der Waals surface area contributed by atoms with E-state index in [4.69, 9.17) is 0 Å². The highest BCUT2D eigenvalue weighted by atomic mass is 32.2. The maximum Gasteiger partial charge on any atom is 0.326 e. The fourth-order valence-electron chi connectivity index (χ4n) is 2.80. The van der Waals surface area contributed by atoms with Crippen molar-refractivity contribution in [1.82, 2.24) is 9.62 Å². The van der Waals surface area contributed by atoms with Crippen molar-refractivity contribution >= 4 is 21.9 Å². The lowest BCUT2D eigenvalue weighted by Crippen LogP contribution is -2.49. The second-order valence-electron chi connectivity index (χ2n) is 6.05. The van der Waals surface area contributed by atoms with Crippen LogP contribution < -0.4 is 5.32 Å². The number of amides is 1. The lowest BCUT2D eigenvalue weighted by Gasteiger charge is -2.30. The zero-order valence-electron chi connectivity index (χ0n) is 13.5. The number of aliphatic carboxylic acids is 1. The Labute approximate surface area is 141 Å². The van der Waals surface area contributed by atoms with Gasteiger partial charge in [-0.3, -0.25) is 4.79 Å². The molecule has 1 fully saturated rings. The first kappa shape index (κ1) is 18.4. The maximum absolute atomic E-state index is 12.4. The van der Waals surface area contributed by atoms with E-state index in [1.54, 1.807) is 24.3 Å². The van der Waals surface area contributed by atoms with Gasteiger partial charge in [-0.25, -0.2) is 17.5 Å². The van der Waals surface area contributed by atoms with Gasteiger partial charge in [-0.15, -0.1) is 0 Å². The third kappa shape index (κ3) is 5.04. The smallest absolute Gasteiger partial charge is 0.326 e. The van der Waals surface area contributed by atoms with Crippen LogP contribution in [0.4, 0.5) is 0 Å². The van der Waals surface area contributed by atoms with E-state index in [9.17, 15) is 23.1 Å². The average Bonchev–Trinajstić information content (AvgIpc) is 2.54. The largest absolute Gasteiger partial charge is 0.480 e. The monoisotopic (exact) mass is 354 g/mol. The highest BCUT2D eigenvalue weighted by molar-refractivity contribution is 7.88. The van der Waals surface area contributed by atoms with Crippen molar-refractivity contribution in [3.8, 4) is 0 Å². The predicted octanol–water partition coefficient (Wildman–Crippen LogP) is 0.470. The number of nitrogens with zero attached hydrogens (tertiary/aromatic N) is 1. The number of rotatable bonds is 6. The summed E-state index contributed by atoms with van der Waals surface area (Å²) in [6, 6.07) is 8.01. The molecule has 1 saturated heterocycles. The van der Waals surface area contributed by atoms with E-state index in [1.807, 2.05) is 6.07 Å². The molecule has 2 atom stereocenters. The van der Waals surface area contributed by atoms with Crippen LogP contribution in [0, 0.1) is 5.92 Å². The Kier molecular flexibility index (Phi) is 5.95. The first-order chi connectivity index (χ1) is 11.3. The molecule has 0 saturated carbocycles. The van der Waals surface area contributed by atoms with Crippen molar-refractivity contribution in [2.24, 2.45) is 5.92 Å². The van der Waals surface area contributed by atoms with Gasteiger partial charge in [0.05, 0.1) is 12.2 Å². The van der Waals surface area contributed by atoms with Crippen molar-refractivity contribution in [2.45, 2.75) is 25.3 Å². The van der Waals surface area contributed by atoms with Gasteiger partial charge in [0.2, 0.25) is 15.9 Å². The fraction of sp³-hybridized carbons (Fsp3) is 0.500. The summed E-state index contributed by atoms with van der Waals surface area (Å²) in [5.74, 6) is -2.04. The van der Waals surface area contributed by atoms with Crippen LogP contribution in [0.25, 0.3) is 0 Å². The lowest BCUT2D eigenvalue weighted by atomic mass is 9.97. The topological polar surface area (TPSA) is 104 Å². The molecule has 2 unspecified atom stereocenters. The maximum atomic E-state index is 12.4.